The smallest absolute Gasteiger partial charge is 0.408 e. The van der Waals surface area contributed by atoms with E-state index in [1.54, 1.807) is 20.8 Å². The van der Waals surface area contributed by atoms with Crippen LogP contribution in [0.1, 0.15) is 60.8 Å². The van der Waals surface area contributed by atoms with E-state index in [0.29, 0.717) is 12.8 Å². The number of carboxylic acid groups (broad SMARTS) is 1. The highest BCUT2D eigenvalue weighted by atomic mass is 16.6. The summed E-state index contributed by atoms with van der Waals surface area (Å²) < 4.78 is 5.22. The number of nitrogens with one attached hydrogen (secondary N) is 4. The Kier molecular flexibility index (Phi) is 17.1. The molecule has 0 saturated carbocycles. The standard InChI is InChI=1S/C25H40N8O7.C2H4O2/c1-15(2)13-19(32-24(37)40-25(3,4)5)21(35)29-14-20(34)31-18(7-6-12-28-23(26)27)22(36)30-16-8-10-17(11-9-16)33(38)39;1-2(3)4/h8-11,15,18-19H,6-7,12-14H2,1-5H3,(H,29,35)(H,30,36)(H,31,34)(H,32,37)(H4,26,27,28);1H3,(H,3,4). The molecular weight excluding hydrogens is 580 g/mol. The van der Waals surface area contributed by atoms with Gasteiger partial charge in [0.05, 0.1) is 11.5 Å². The number of benzene rings is 1. The number of anilines is 1. The molecule has 9 N–H and O–H groups in total. The van der Waals surface area contributed by atoms with Crippen LogP contribution in [0.4, 0.5) is 16.2 Å². The number of nitro benzene ring substituents is 1. The highest BCUT2D eigenvalue weighted by Crippen LogP contribution is 2.16. The maximum atomic E-state index is 12.9. The number of guanidine groups is 1. The summed E-state index contributed by atoms with van der Waals surface area (Å²) in [6.45, 7) is 9.67. The number of hydrogen-bond acceptors (Lipinski definition) is 9. The zero-order valence-corrected chi connectivity index (χ0v) is 25.8. The van der Waals surface area contributed by atoms with Gasteiger partial charge in [-0.15, -0.1) is 0 Å². The number of hydrogen-bond donors (Lipinski definition) is 7. The summed E-state index contributed by atoms with van der Waals surface area (Å²) in [6, 6.07) is 3.22. The van der Waals surface area contributed by atoms with Crippen LogP contribution < -0.4 is 32.7 Å². The van der Waals surface area contributed by atoms with Gasteiger partial charge < -0.3 is 42.6 Å². The van der Waals surface area contributed by atoms with Gasteiger partial charge in [-0.3, -0.25) is 34.3 Å². The number of non-ortho nitro benzene ring substituents is 1. The number of carbonyl (C=O) groups excluding carboxylic acids is 4. The molecule has 0 aliphatic heterocycles. The summed E-state index contributed by atoms with van der Waals surface area (Å²) in [5.74, 6) is -2.72. The summed E-state index contributed by atoms with van der Waals surface area (Å²) in [4.78, 5) is 73.7. The SMILES string of the molecule is CC(=O)O.CC(C)CC(NC(=O)OC(C)(C)C)C(=O)NCC(=O)NC(CCCN=C(N)N)C(=O)Nc1ccc([N+](=O)[O-])cc1. The monoisotopic (exact) mass is 624 g/mol. The number of carboxylic acids is 1. The molecule has 0 saturated heterocycles. The predicted molar refractivity (Wildman–Crippen MR) is 162 cm³/mol. The third-order valence-corrected chi connectivity index (χ3v) is 5.08. The van der Waals surface area contributed by atoms with Crippen LogP contribution in [0.5, 0.6) is 0 Å². The second-order valence-corrected chi connectivity index (χ2v) is 10.9. The number of aliphatic carboxylic acids is 1. The van der Waals surface area contributed by atoms with E-state index < -0.39 is 58.9 Å². The first-order chi connectivity index (χ1) is 20.3. The molecular formula is C27H44N8O9. The number of nitro groups is 1. The van der Waals surface area contributed by atoms with Gasteiger partial charge in [0, 0.05) is 31.3 Å². The molecule has 0 aromatic heterocycles. The quantitative estimate of drug-likeness (QED) is 0.0508. The van der Waals surface area contributed by atoms with Gasteiger partial charge in [0.2, 0.25) is 17.7 Å². The largest absolute Gasteiger partial charge is 0.481 e. The van der Waals surface area contributed by atoms with Crippen molar-refractivity contribution in [2.75, 3.05) is 18.4 Å². The second kappa shape index (κ2) is 19.3. The van der Waals surface area contributed by atoms with Crippen LogP contribution in [-0.2, 0) is 23.9 Å². The summed E-state index contributed by atoms with van der Waals surface area (Å²) in [7, 11) is 0. The van der Waals surface area contributed by atoms with E-state index in [-0.39, 0.29) is 36.2 Å². The minimum absolute atomic E-state index is 0.0530. The van der Waals surface area contributed by atoms with Crippen LogP contribution >= 0.6 is 0 Å². The Labute approximate surface area is 255 Å². The Balaban J connectivity index is 0.00000433. The normalized spacial score (nSPS) is 11.9. The van der Waals surface area contributed by atoms with Gasteiger partial charge in [0.25, 0.3) is 11.7 Å². The lowest BCUT2D eigenvalue weighted by Crippen LogP contribution is -2.52. The third-order valence-electron chi connectivity index (χ3n) is 5.08. The summed E-state index contributed by atoms with van der Waals surface area (Å²) in [5, 5.41) is 28.4. The number of alkyl carbamates (subject to hydrolysis) is 1. The number of nitrogens with zero attached hydrogens (tertiary/aromatic N) is 2. The highest BCUT2D eigenvalue weighted by Gasteiger charge is 2.26. The molecule has 1 rings (SSSR count). The summed E-state index contributed by atoms with van der Waals surface area (Å²) in [5.41, 5.74) is 10.0. The average molecular weight is 625 g/mol. The van der Waals surface area contributed by atoms with Gasteiger partial charge >= 0.3 is 6.09 Å². The summed E-state index contributed by atoms with van der Waals surface area (Å²) >= 11 is 0. The van der Waals surface area contributed by atoms with Gasteiger partial charge in [0.15, 0.2) is 5.96 Å². The van der Waals surface area contributed by atoms with E-state index in [0.717, 1.165) is 6.92 Å². The van der Waals surface area contributed by atoms with Crippen molar-refractivity contribution in [3.63, 3.8) is 0 Å². The van der Waals surface area contributed by atoms with Crippen LogP contribution in [0, 0.1) is 16.0 Å². The first-order valence-electron chi connectivity index (χ1n) is 13.7. The van der Waals surface area contributed by atoms with E-state index in [9.17, 15) is 29.3 Å². The number of amides is 4. The van der Waals surface area contributed by atoms with Crippen molar-refractivity contribution in [1.82, 2.24) is 16.0 Å². The van der Waals surface area contributed by atoms with Crippen molar-refractivity contribution in [3.05, 3.63) is 34.4 Å². The minimum Gasteiger partial charge on any atom is -0.481 e. The fourth-order valence-electron chi connectivity index (χ4n) is 3.36. The van der Waals surface area contributed by atoms with Gasteiger partial charge in [-0.05, 0) is 58.1 Å². The van der Waals surface area contributed by atoms with E-state index in [1.807, 2.05) is 13.8 Å². The van der Waals surface area contributed by atoms with Crippen molar-refractivity contribution < 1.29 is 38.7 Å². The molecule has 0 radical (unpaired) electrons. The topological polar surface area (TPSA) is 270 Å². The third kappa shape index (κ3) is 19.2. The molecule has 2 unspecified atom stereocenters. The molecule has 44 heavy (non-hydrogen) atoms. The van der Waals surface area contributed by atoms with Gasteiger partial charge in [-0.2, -0.15) is 0 Å². The first-order valence-corrected chi connectivity index (χ1v) is 13.7. The molecule has 4 amide bonds. The maximum Gasteiger partial charge on any atom is 0.408 e. The van der Waals surface area contributed by atoms with Crippen molar-refractivity contribution in [2.24, 2.45) is 22.4 Å². The molecule has 246 valence electrons. The van der Waals surface area contributed by atoms with Gasteiger partial charge in [0.1, 0.15) is 17.7 Å². The Bertz CT molecular complexity index is 1160. The summed E-state index contributed by atoms with van der Waals surface area (Å²) in [6.07, 6.45) is 0.0454. The molecule has 1 aromatic carbocycles. The number of ether oxygens (including phenoxy) is 1. The van der Waals surface area contributed by atoms with E-state index in [2.05, 4.69) is 26.3 Å². The van der Waals surface area contributed by atoms with Crippen LogP contribution in [0.15, 0.2) is 29.3 Å². The zero-order chi connectivity index (χ0) is 34.0. The number of rotatable bonds is 14. The molecule has 0 aliphatic rings. The van der Waals surface area contributed by atoms with Crippen molar-refractivity contribution in [2.45, 2.75) is 78.5 Å². The molecule has 17 heteroatoms. The minimum atomic E-state index is -1.03. The van der Waals surface area contributed by atoms with Crippen molar-refractivity contribution in [3.8, 4) is 0 Å². The molecule has 0 bridgehead atoms. The van der Waals surface area contributed by atoms with E-state index in [4.69, 9.17) is 26.1 Å². The molecule has 0 spiro atoms. The van der Waals surface area contributed by atoms with Crippen LogP contribution in [0.3, 0.4) is 0 Å². The van der Waals surface area contributed by atoms with Crippen LogP contribution in [0.25, 0.3) is 0 Å². The lowest BCUT2D eigenvalue weighted by molar-refractivity contribution is -0.384. The Morgan fingerprint density at radius 2 is 1.59 bits per heavy atom. The predicted octanol–water partition coefficient (Wildman–Crippen LogP) is 1.22. The van der Waals surface area contributed by atoms with Gasteiger partial charge in [-0.25, -0.2) is 4.79 Å². The second-order valence-electron chi connectivity index (χ2n) is 10.9. The zero-order valence-electron chi connectivity index (χ0n) is 25.8. The molecule has 0 fully saturated rings. The van der Waals surface area contributed by atoms with E-state index in [1.165, 1.54) is 24.3 Å². The molecule has 0 aliphatic carbocycles. The Morgan fingerprint density at radius 1 is 1.02 bits per heavy atom. The fourth-order valence-corrected chi connectivity index (χ4v) is 3.36. The molecule has 1 aromatic rings. The lowest BCUT2D eigenvalue weighted by atomic mass is 10.0. The Hall–Kier alpha value is -4.96. The van der Waals surface area contributed by atoms with Crippen molar-refractivity contribution in [1.29, 1.82) is 0 Å². The number of carbonyl (C=O) groups is 5. The first kappa shape index (κ1) is 39.0. The Morgan fingerprint density at radius 3 is 2.07 bits per heavy atom. The maximum absolute atomic E-state index is 12.9. The van der Waals surface area contributed by atoms with Crippen molar-refractivity contribution >= 4 is 47.1 Å². The average Bonchev–Trinajstić information content (AvgIpc) is 2.87. The molecule has 0 heterocycles. The number of aliphatic imine (C=N–C) groups is 1. The fraction of sp³-hybridized carbons (Fsp3) is 0.556. The van der Waals surface area contributed by atoms with Crippen LogP contribution in [-0.4, -0.2) is 76.5 Å². The van der Waals surface area contributed by atoms with E-state index >= 15 is 0 Å². The lowest BCUT2D eigenvalue weighted by Gasteiger charge is -2.24. The molecule has 17 nitrogen and oxygen atoms in total. The highest BCUT2D eigenvalue weighted by molar-refractivity contribution is 5.98. The molecule has 2 atom stereocenters. The van der Waals surface area contributed by atoms with Crippen LogP contribution in [0.2, 0.25) is 0 Å². The van der Waals surface area contributed by atoms with Gasteiger partial charge in [-0.1, -0.05) is 13.8 Å². The number of nitrogens with two attached hydrogens (primary N) is 2.